The zero-order valence-electron chi connectivity index (χ0n) is 17.2. The Labute approximate surface area is 172 Å². The summed E-state index contributed by atoms with van der Waals surface area (Å²) in [5.74, 6) is 2.53. The van der Waals surface area contributed by atoms with Crippen LogP contribution in [-0.2, 0) is 13.0 Å². The lowest BCUT2D eigenvalue weighted by Gasteiger charge is -2.30. The second-order valence-corrected chi connectivity index (χ2v) is 8.03. The molecule has 0 saturated carbocycles. The van der Waals surface area contributed by atoms with Gasteiger partial charge in [0.1, 0.15) is 57.7 Å². The molecule has 1 atom stereocenters. The van der Waals surface area contributed by atoms with Crippen molar-refractivity contribution < 1.29 is 29.1 Å². The third kappa shape index (κ3) is 5.41. The topological polar surface area (TPSA) is 56.8 Å². The second-order valence-electron chi connectivity index (χ2n) is 8.03. The molecule has 2 aliphatic rings. The smallest absolute Gasteiger partial charge is 0.231 e. The maximum absolute atomic E-state index is 10.4. The molecule has 6 heteroatoms. The van der Waals surface area contributed by atoms with Gasteiger partial charge in [-0.2, -0.15) is 0 Å². The van der Waals surface area contributed by atoms with Gasteiger partial charge in [-0.05, 0) is 42.3 Å². The number of benzene rings is 2. The Kier molecular flexibility index (Phi) is 6.54. The molecular formula is C23H32N2O4+2. The highest BCUT2D eigenvalue weighted by Crippen LogP contribution is 2.32. The number of rotatable bonds is 8. The summed E-state index contributed by atoms with van der Waals surface area (Å²) in [4.78, 5) is 3.03. The minimum Gasteiger partial charge on any atom is -0.491 e. The fourth-order valence-electron chi connectivity index (χ4n) is 4.08. The molecular weight excluding hydrogens is 368 g/mol. The summed E-state index contributed by atoms with van der Waals surface area (Å²) in [6, 6.07) is 14.4. The molecule has 3 N–H and O–H groups in total. The average molecular weight is 401 g/mol. The number of hydrogen-bond acceptors (Lipinski definition) is 4. The van der Waals surface area contributed by atoms with E-state index in [0.717, 1.165) is 62.9 Å². The minimum atomic E-state index is -0.439. The van der Waals surface area contributed by atoms with E-state index in [9.17, 15) is 5.11 Å². The SMILES string of the molecule is CCc1ccc(OC[C@@H](O)C[NH+]2CC[NH+](Cc3ccc4c(c3)OCO4)CC2)cc1. The average Bonchev–Trinajstić information content (AvgIpc) is 3.22. The van der Waals surface area contributed by atoms with Gasteiger partial charge >= 0.3 is 0 Å². The highest BCUT2D eigenvalue weighted by atomic mass is 16.7. The Morgan fingerprint density at radius 2 is 1.62 bits per heavy atom. The highest BCUT2D eigenvalue weighted by molar-refractivity contribution is 5.44. The lowest BCUT2D eigenvalue weighted by Crippen LogP contribution is -3.28. The monoisotopic (exact) mass is 400 g/mol. The molecule has 0 unspecified atom stereocenters. The van der Waals surface area contributed by atoms with Gasteiger partial charge in [0.05, 0.1) is 0 Å². The van der Waals surface area contributed by atoms with Crippen molar-refractivity contribution in [3.8, 4) is 17.2 Å². The second kappa shape index (κ2) is 9.48. The van der Waals surface area contributed by atoms with Crippen LogP contribution in [0.4, 0.5) is 0 Å². The van der Waals surface area contributed by atoms with E-state index in [1.54, 1.807) is 4.90 Å². The fraction of sp³-hybridized carbons (Fsp3) is 0.478. The fourth-order valence-corrected chi connectivity index (χ4v) is 4.08. The summed E-state index contributed by atoms with van der Waals surface area (Å²) < 4.78 is 16.6. The van der Waals surface area contributed by atoms with Gasteiger partial charge in [0.15, 0.2) is 11.5 Å². The van der Waals surface area contributed by atoms with Crippen LogP contribution in [0.5, 0.6) is 17.2 Å². The molecule has 0 aliphatic carbocycles. The van der Waals surface area contributed by atoms with Crippen molar-refractivity contribution in [3.63, 3.8) is 0 Å². The van der Waals surface area contributed by atoms with Crippen LogP contribution in [0, 0.1) is 0 Å². The van der Waals surface area contributed by atoms with Crippen LogP contribution in [0.2, 0.25) is 0 Å². The predicted molar refractivity (Wildman–Crippen MR) is 110 cm³/mol. The molecule has 4 rings (SSSR count). The van der Waals surface area contributed by atoms with Crippen molar-refractivity contribution in [2.75, 3.05) is 46.1 Å². The third-order valence-corrected chi connectivity index (χ3v) is 5.85. The quantitative estimate of drug-likeness (QED) is 0.570. The summed E-state index contributed by atoms with van der Waals surface area (Å²) >= 11 is 0. The zero-order valence-corrected chi connectivity index (χ0v) is 17.2. The van der Waals surface area contributed by atoms with E-state index in [-0.39, 0.29) is 0 Å². The van der Waals surface area contributed by atoms with E-state index < -0.39 is 6.10 Å². The molecule has 156 valence electrons. The van der Waals surface area contributed by atoms with Crippen molar-refractivity contribution >= 4 is 0 Å². The van der Waals surface area contributed by atoms with Crippen molar-refractivity contribution in [1.29, 1.82) is 0 Å². The van der Waals surface area contributed by atoms with Crippen LogP contribution in [-0.4, -0.2) is 57.3 Å². The van der Waals surface area contributed by atoms with Gasteiger partial charge < -0.3 is 29.1 Å². The van der Waals surface area contributed by atoms with Crippen LogP contribution >= 0.6 is 0 Å². The molecule has 2 aliphatic heterocycles. The number of piperazine rings is 1. The molecule has 2 aromatic rings. The van der Waals surface area contributed by atoms with E-state index >= 15 is 0 Å². The molecule has 2 aromatic carbocycles. The summed E-state index contributed by atoms with van der Waals surface area (Å²) in [7, 11) is 0. The van der Waals surface area contributed by atoms with Crippen LogP contribution in [0.15, 0.2) is 42.5 Å². The number of hydrogen-bond donors (Lipinski definition) is 3. The minimum absolute atomic E-state index is 0.323. The molecule has 0 radical (unpaired) electrons. The van der Waals surface area contributed by atoms with Gasteiger partial charge in [-0.3, -0.25) is 0 Å². The number of ether oxygens (including phenoxy) is 3. The van der Waals surface area contributed by atoms with Gasteiger partial charge in [0.25, 0.3) is 0 Å². The molecule has 6 nitrogen and oxygen atoms in total. The first-order chi connectivity index (χ1) is 14.2. The highest BCUT2D eigenvalue weighted by Gasteiger charge is 2.25. The number of quaternary nitrogens is 2. The van der Waals surface area contributed by atoms with Crippen LogP contribution in [0.25, 0.3) is 0 Å². The largest absolute Gasteiger partial charge is 0.491 e. The number of nitrogens with one attached hydrogen (secondary N) is 2. The summed E-state index contributed by atoms with van der Waals surface area (Å²) in [6.45, 7) is 8.91. The van der Waals surface area contributed by atoms with Gasteiger partial charge in [-0.1, -0.05) is 19.1 Å². The van der Waals surface area contributed by atoms with E-state index in [4.69, 9.17) is 14.2 Å². The van der Waals surface area contributed by atoms with E-state index in [1.807, 2.05) is 18.2 Å². The Balaban J connectivity index is 1.17. The number of aliphatic hydroxyl groups is 1. The number of fused-ring (bicyclic) bond motifs is 1. The number of aliphatic hydroxyl groups excluding tert-OH is 1. The molecule has 0 amide bonds. The molecule has 1 fully saturated rings. The van der Waals surface area contributed by atoms with Crippen LogP contribution in [0.3, 0.4) is 0 Å². The van der Waals surface area contributed by atoms with Crippen molar-refractivity contribution in [2.45, 2.75) is 26.0 Å². The summed E-state index contributed by atoms with van der Waals surface area (Å²) in [5.41, 5.74) is 2.58. The van der Waals surface area contributed by atoms with Crippen molar-refractivity contribution in [3.05, 3.63) is 53.6 Å². The Hall–Kier alpha value is -2.28. The Morgan fingerprint density at radius 1 is 0.931 bits per heavy atom. The maximum atomic E-state index is 10.4. The van der Waals surface area contributed by atoms with Gasteiger partial charge in [-0.25, -0.2) is 0 Å². The maximum Gasteiger partial charge on any atom is 0.231 e. The molecule has 0 bridgehead atoms. The third-order valence-electron chi connectivity index (χ3n) is 5.85. The predicted octanol–water partition coefficient (Wildman–Crippen LogP) is -0.299. The first kappa shape index (κ1) is 20.0. The van der Waals surface area contributed by atoms with E-state index in [2.05, 4.69) is 31.2 Å². The summed E-state index contributed by atoms with van der Waals surface area (Å²) in [6.07, 6.45) is 0.584. The molecule has 0 aromatic heterocycles. The first-order valence-electron chi connectivity index (χ1n) is 10.6. The zero-order chi connectivity index (χ0) is 20.1. The Morgan fingerprint density at radius 3 is 2.38 bits per heavy atom. The van der Waals surface area contributed by atoms with Crippen molar-refractivity contribution in [2.24, 2.45) is 0 Å². The number of aryl methyl sites for hydroxylation is 1. The molecule has 1 saturated heterocycles. The summed E-state index contributed by atoms with van der Waals surface area (Å²) in [5, 5.41) is 10.4. The Bertz CT molecular complexity index is 788. The normalized spacial score (nSPS) is 21.7. The van der Waals surface area contributed by atoms with Gasteiger partial charge in [0.2, 0.25) is 6.79 Å². The lowest BCUT2D eigenvalue weighted by molar-refractivity contribution is -1.02. The lowest BCUT2D eigenvalue weighted by atomic mass is 10.1. The standard InChI is InChI=1S/C23H30N2O4/c1-2-18-3-6-21(7-4-18)27-16-20(26)15-25-11-9-24(10-12-25)14-19-5-8-22-23(13-19)29-17-28-22/h3-8,13,20,26H,2,9-12,14-17H2,1H3/p+2/t20-/m0/s1. The van der Waals surface area contributed by atoms with Crippen LogP contribution < -0.4 is 24.0 Å². The van der Waals surface area contributed by atoms with E-state index in [1.165, 1.54) is 16.0 Å². The molecule has 29 heavy (non-hydrogen) atoms. The van der Waals surface area contributed by atoms with Crippen LogP contribution in [0.1, 0.15) is 18.1 Å². The first-order valence-corrected chi connectivity index (χ1v) is 10.6. The van der Waals surface area contributed by atoms with Gasteiger partial charge in [0, 0.05) is 5.56 Å². The molecule has 2 heterocycles. The van der Waals surface area contributed by atoms with Gasteiger partial charge in [-0.15, -0.1) is 0 Å². The van der Waals surface area contributed by atoms with Crippen molar-refractivity contribution in [1.82, 2.24) is 0 Å². The van der Waals surface area contributed by atoms with E-state index in [0.29, 0.717) is 13.4 Å². The molecule has 0 spiro atoms.